The SMILES string of the molecule is COc1ccccc1[C@@H](C)N(C)C(=O)COc1ccc(N2CCCC2=O)cc1. The Bertz CT molecular complexity index is 835. The smallest absolute Gasteiger partial charge is 0.260 e. The first-order valence-electron chi connectivity index (χ1n) is 9.43. The van der Waals surface area contributed by atoms with E-state index in [2.05, 4.69) is 0 Å². The molecule has 6 nitrogen and oxygen atoms in total. The molecular weight excluding hydrogens is 356 g/mol. The van der Waals surface area contributed by atoms with E-state index in [0.29, 0.717) is 12.2 Å². The van der Waals surface area contributed by atoms with E-state index in [1.54, 1.807) is 36.1 Å². The van der Waals surface area contributed by atoms with Crippen LogP contribution in [0.1, 0.15) is 31.4 Å². The summed E-state index contributed by atoms with van der Waals surface area (Å²) in [5, 5.41) is 0. The van der Waals surface area contributed by atoms with Crippen molar-refractivity contribution in [1.82, 2.24) is 4.90 Å². The van der Waals surface area contributed by atoms with Crippen molar-refractivity contribution in [3.63, 3.8) is 0 Å². The van der Waals surface area contributed by atoms with Gasteiger partial charge in [0.05, 0.1) is 13.2 Å². The normalized spacial score (nSPS) is 14.7. The second-order valence-corrected chi connectivity index (χ2v) is 6.85. The fourth-order valence-electron chi connectivity index (χ4n) is 3.33. The summed E-state index contributed by atoms with van der Waals surface area (Å²) < 4.78 is 11.0. The van der Waals surface area contributed by atoms with Gasteiger partial charge in [-0.3, -0.25) is 9.59 Å². The molecule has 1 aliphatic heterocycles. The Morgan fingerprint density at radius 1 is 1.18 bits per heavy atom. The van der Waals surface area contributed by atoms with Crippen molar-refractivity contribution in [2.45, 2.75) is 25.8 Å². The molecule has 1 saturated heterocycles. The summed E-state index contributed by atoms with van der Waals surface area (Å²) >= 11 is 0. The molecule has 0 spiro atoms. The van der Waals surface area contributed by atoms with Gasteiger partial charge in [0.2, 0.25) is 5.91 Å². The van der Waals surface area contributed by atoms with E-state index in [9.17, 15) is 9.59 Å². The average molecular weight is 382 g/mol. The van der Waals surface area contributed by atoms with Gasteiger partial charge in [-0.25, -0.2) is 0 Å². The number of hydrogen-bond donors (Lipinski definition) is 0. The number of carbonyl (C=O) groups excluding carboxylic acids is 2. The summed E-state index contributed by atoms with van der Waals surface area (Å²) in [5.41, 5.74) is 1.81. The highest BCUT2D eigenvalue weighted by Crippen LogP contribution is 2.28. The maximum absolute atomic E-state index is 12.6. The maximum Gasteiger partial charge on any atom is 0.260 e. The van der Waals surface area contributed by atoms with Gasteiger partial charge in [-0.2, -0.15) is 0 Å². The minimum Gasteiger partial charge on any atom is -0.496 e. The van der Waals surface area contributed by atoms with Crippen LogP contribution in [0, 0.1) is 0 Å². The molecule has 0 N–H and O–H groups in total. The van der Waals surface area contributed by atoms with E-state index in [0.717, 1.165) is 30.0 Å². The van der Waals surface area contributed by atoms with E-state index in [-0.39, 0.29) is 24.5 Å². The molecule has 0 aliphatic carbocycles. The molecule has 2 aromatic carbocycles. The Kier molecular flexibility index (Phi) is 6.19. The van der Waals surface area contributed by atoms with Crippen LogP contribution in [-0.4, -0.2) is 44.0 Å². The number of ether oxygens (including phenoxy) is 2. The van der Waals surface area contributed by atoms with Crippen molar-refractivity contribution in [3.05, 3.63) is 54.1 Å². The van der Waals surface area contributed by atoms with E-state index >= 15 is 0 Å². The number of likely N-dealkylation sites (N-methyl/N-ethyl adjacent to an activating group) is 1. The summed E-state index contributed by atoms with van der Waals surface area (Å²) in [6.45, 7) is 2.65. The maximum atomic E-state index is 12.6. The summed E-state index contributed by atoms with van der Waals surface area (Å²) in [6.07, 6.45) is 1.49. The van der Waals surface area contributed by atoms with Crippen LogP contribution < -0.4 is 14.4 Å². The Morgan fingerprint density at radius 2 is 1.89 bits per heavy atom. The molecule has 1 aliphatic rings. The topological polar surface area (TPSA) is 59.1 Å². The summed E-state index contributed by atoms with van der Waals surface area (Å²) in [5.74, 6) is 1.37. The number of amides is 2. The number of methoxy groups -OCH3 is 1. The lowest BCUT2D eigenvalue weighted by Crippen LogP contribution is -2.33. The van der Waals surface area contributed by atoms with Crippen molar-refractivity contribution >= 4 is 17.5 Å². The first-order chi connectivity index (χ1) is 13.5. The second kappa shape index (κ2) is 8.78. The number of anilines is 1. The Hall–Kier alpha value is -3.02. The zero-order valence-electron chi connectivity index (χ0n) is 16.6. The van der Waals surface area contributed by atoms with Gasteiger partial charge in [-0.05, 0) is 43.7 Å². The molecule has 0 aromatic heterocycles. The number of benzene rings is 2. The quantitative estimate of drug-likeness (QED) is 0.736. The Labute approximate surface area is 165 Å². The van der Waals surface area contributed by atoms with Gasteiger partial charge in [0.1, 0.15) is 11.5 Å². The lowest BCUT2D eigenvalue weighted by molar-refractivity contribution is -0.134. The van der Waals surface area contributed by atoms with Crippen molar-refractivity contribution in [1.29, 1.82) is 0 Å². The number of hydrogen-bond acceptors (Lipinski definition) is 4. The average Bonchev–Trinajstić information content (AvgIpc) is 3.17. The van der Waals surface area contributed by atoms with Gasteiger partial charge >= 0.3 is 0 Å². The first kappa shape index (κ1) is 19.7. The first-order valence-corrected chi connectivity index (χ1v) is 9.43. The molecule has 28 heavy (non-hydrogen) atoms. The molecule has 2 aromatic rings. The molecule has 0 radical (unpaired) electrons. The fourth-order valence-corrected chi connectivity index (χ4v) is 3.33. The fraction of sp³-hybridized carbons (Fsp3) is 0.364. The largest absolute Gasteiger partial charge is 0.496 e. The second-order valence-electron chi connectivity index (χ2n) is 6.85. The third-order valence-electron chi connectivity index (χ3n) is 5.15. The van der Waals surface area contributed by atoms with Gasteiger partial charge in [-0.15, -0.1) is 0 Å². The lowest BCUT2D eigenvalue weighted by Gasteiger charge is -2.26. The molecule has 148 valence electrons. The Morgan fingerprint density at radius 3 is 2.54 bits per heavy atom. The van der Waals surface area contributed by atoms with Crippen molar-refractivity contribution in [3.8, 4) is 11.5 Å². The summed E-state index contributed by atoms with van der Waals surface area (Å²) in [6, 6.07) is 14.8. The molecule has 0 bridgehead atoms. The molecule has 1 heterocycles. The van der Waals surface area contributed by atoms with Crippen molar-refractivity contribution in [2.75, 3.05) is 32.2 Å². The zero-order chi connectivity index (χ0) is 20.1. The zero-order valence-corrected chi connectivity index (χ0v) is 16.6. The van der Waals surface area contributed by atoms with Crippen LogP contribution in [0.4, 0.5) is 5.69 Å². The van der Waals surface area contributed by atoms with E-state index in [4.69, 9.17) is 9.47 Å². The highest BCUT2D eigenvalue weighted by Gasteiger charge is 2.22. The monoisotopic (exact) mass is 382 g/mol. The van der Waals surface area contributed by atoms with Crippen LogP contribution in [0.3, 0.4) is 0 Å². The molecule has 2 amide bonds. The van der Waals surface area contributed by atoms with Gasteiger partial charge in [0, 0.05) is 31.3 Å². The minimum atomic E-state index is -0.143. The van der Waals surface area contributed by atoms with E-state index < -0.39 is 0 Å². The van der Waals surface area contributed by atoms with Crippen LogP contribution >= 0.6 is 0 Å². The summed E-state index contributed by atoms with van der Waals surface area (Å²) in [4.78, 5) is 27.8. The lowest BCUT2D eigenvalue weighted by atomic mass is 10.1. The van der Waals surface area contributed by atoms with Crippen LogP contribution in [0.2, 0.25) is 0 Å². The standard InChI is InChI=1S/C22H26N2O4/c1-16(19-7-4-5-8-20(19)27-3)23(2)22(26)15-28-18-12-10-17(11-13-18)24-14-6-9-21(24)25/h4-5,7-8,10-13,16H,6,9,14-15H2,1-3H3/t16-/m1/s1. The van der Waals surface area contributed by atoms with Gasteiger partial charge in [0.25, 0.3) is 5.91 Å². The molecule has 6 heteroatoms. The van der Waals surface area contributed by atoms with Crippen LogP contribution in [0.25, 0.3) is 0 Å². The van der Waals surface area contributed by atoms with Crippen LogP contribution in [0.5, 0.6) is 11.5 Å². The number of carbonyl (C=O) groups is 2. The summed E-state index contributed by atoms with van der Waals surface area (Å²) in [7, 11) is 3.38. The molecule has 3 rings (SSSR count). The highest BCUT2D eigenvalue weighted by molar-refractivity contribution is 5.95. The van der Waals surface area contributed by atoms with Gasteiger partial charge < -0.3 is 19.3 Å². The molecule has 0 saturated carbocycles. The molecular formula is C22H26N2O4. The van der Waals surface area contributed by atoms with E-state index in [1.807, 2.05) is 43.3 Å². The Balaban J connectivity index is 1.58. The predicted octanol–water partition coefficient (Wildman–Crippen LogP) is 3.42. The van der Waals surface area contributed by atoms with Crippen molar-refractivity contribution < 1.29 is 19.1 Å². The number of rotatable bonds is 7. The third kappa shape index (κ3) is 4.27. The van der Waals surface area contributed by atoms with Crippen LogP contribution in [-0.2, 0) is 9.59 Å². The van der Waals surface area contributed by atoms with Gasteiger partial charge in [-0.1, -0.05) is 18.2 Å². The van der Waals surface area contributed by atoms with Crippen molar-refractivity contribution in [2.24, 2.45) is 0 Å². The highest BCUT2D eigenvalue weighted by atomic mass is 16.5. The molecule has 1 fully saturated rings. The van der Waals surface area contributed by atoms with E-state index in [1.165, 1.54) is 0 Å². The van der Waals surface area contributed by atoms with Gasteiger partial charge in [0.15, 0.2) is 6.61 Å². The molecule has 0 unspecified atom stereocenters. The molecule has 1 atom stereocenters. The minimum absolute atomic E-state index is 0.0576. The third-order valence-corrected chi connectivity index (χ3v) is 5.15. The van der Waals surface area contributed by atoms with Crippen LogP contribution in [0.15, 0.2) is 48.5 Å². The number of nitrogens with zero attached hydrogens (tertiary/aromatic N) is 2. The number of para-hydroxylation sites is 1. The predicted molar refractivity (Wildman–Crippen MR) is 108 cm³/mol.